The van der Waals surface area contributed by atoms with Crippen LogP contribution in [0.15, 0.2) is 456 Å². The minimum atomic E-state index is -1.32. The van der Waals surface area contributed by atoms with Crippen molar-refractivity contribution in [1.29, 1.82) is 0 Å². The van der Waals surface area contributed by atoms with E-state index in [2.05, 4.69) is 349 Å². The van der Waals surface area contributed by atoms with E-state index in [4.69, 9.17) is 0 Å². The smallest absolute Gasteiger partial charge is 0.0795 e. The van der Waals surface area contributed by atoms with Crippen molar-refractivity contribution >= 4 is 53.0 Å². The zero-order valence-electron chi connectivity index (χ0n) is 81.7. The van der Waals surface area contributed by atoms with Gasteiger partial charge in [-0.15, -0.1) is 263 Å². The molecular formula is C125H114Ir4N8Si4-8. The first-order chi connectivity index (χ1) is 66.4. The third-order valence-corrected chi connectivity index (χ3v) is 30.4. The van der Waals surface area contributed by atoms with E-state index in [-0.39, 0.29) is 80.4 Å². The molecule has 0 saturated carbocycles. The molecule has 20 rings (SSSR count). The maximum Gasteiger partial charge on any atom is 0.0795 e. The molecule has 8 heterocycles. The van der Waals surface area contributed by atoms with Gasteiger partial charge in [0.25, 0.3) is 0 Å². The Hall–Kier alpha value is -12.7. The summed E-state index contributed by atoms with van der Waals surface area (Å²) in [5, 5.41) is 5.80. The topological polar surface area (TPSA) is 103 Å². The van der Waals surface area contributed by atoms with Crippen LogP contribution in [0.4, 0.5) is 0 Å². The summed E-state index contributed by atoms with van der Waals surface area (Å²) in [6, 6.07) is 163. The van der Waals surface area contributed by atoms with E-state index in [1.54, 1.807) is 24.8 Å². The summed E-state index contributed by atoms with van der Waals surface area (Å²) < 4.78 is 0. The van der Waals surface area contributed by atoms with E-state index in [1.807, 2.05) is 256 Å². The van der Waals surface area contributed by atoms with E-state index in [1.165, 1.54) is 70.8 Å². The Morgan fingerprint density at radius 3 is 0.652 bits per heavy atom. The zero-order valence-corrected chi connectivity index (χ0v) is 95.3. The van der Waals surface area contributed by atoms with E-state index < -0.39 is 32.3 Å². The number of hydrogen-bond donors (Lipinski definition) is 0. The van der Waals surface area contributed by atoms with Crippen LogP contribution in [0.2, 0.25) is 78.6 Å². The van der Waals surface area contributed by atoms with Gasteiger partial charge in [-0.25, -0.2) is 0 Å². The number of aryl methyl sites for hydroxylation is 1. The second kappa shape index (κ2) is 56.7. The second-order valence-electron chi connectivity index (χ2n) is 36.6. The van der Waals surface area contributed by atoms with Crippen LogP contribution in [0.1, 0.15) is 5.56 Å². The Bertz CT molecular complexity index is 6320. The molecule has 12 aromatic carbocycles. The van der Waals surface area contributed by atoms with Crippen LogP contribution in [0.25, 0.3) is 135 Å². The fourth-order valence-electron chi connectivity index (χ4n) is 14.1. The summed E-state index contributed by atoms with van der Waals surface area (Å²) in [6.45, 7) is 30.4. The maximum atomic E-state index is 4.62. The van der Waals surface area contributed by atoms with Gasteiger partial charge in [0.15, 0.2) is 0 Å². The van der Waals surface area contributed by atoms with Crippen molar-refractivity contribution in [3.63, 3.8) is 0 Å². The monoisotopic (exact) mass is 2610 g/mol. The van der Waals surface area contributed by atoms with Gasteiger partial charge in [-0.05, 0) is 99.6 Å². The van der Waals surface area contributed by atoms with Crippen LogP contribution >= 0.6 is 0 Å². The molecule has 0 bridgehead atoms. The molecule has 20 aromatic rings. The molecule has 141 heavy (non-hydrogen) atoms. The van der Waals surface area contributed by atoms with Gasteiger partial charge in [-0.1, -0.05) is 339 Å². The fourth-order valence-corrected chi connectivity index (χ4v) is 18.6. The van der Waals surface area contributed by atoms with Crippen molar-refractivity contribution in [3.05, 3.63) is 510 Å². The zero-order chi connectivity index (χ0) is 96.1. The summed E-state index contributed by atoms with van der Waals surface area (Å²) in [5.74, 6) is 0. The van der Waals surface area contributed by atoms with Gasteiger partial charge >= 0.3 is 0 Å². The molecule has 4 radical (unpaired) electrons. The van der Waals surface area contributed by atoms with Gasteiger partial charge in [-0.3, -0.25) is 0 Å². The van der Waals surface area contributed by atoms with Crippen LogP contribution in [-0.4, -0.2) is 72.2 Å². The molecule has 8 aromatic heterocycles. The molecule has 0 saturated heterocycles. The Labute approximate surface area is 894 Å². The van der Waals surface area contributed by atoms with E-state index >= 15 is 0 Å². The third kappa shape index (κ3) is 35.5. The standard InChI is InChI=1S/C21H22NSi.3C20H20NSi.4C11H8N.4Ir/c1-16-5-14-21(22-15-16)19-8-6-17(7-9-19)18-10-12-20(13-11-18)23(2,3)4;1-22(2,3)19-13-11-17(12-14-19)16-7-9-18(10-8-16)20-6-4-5-15-21-20;1-22(2,3)19-13-14-21-20(15-19)18-11-9-17(10-12-18)16-7-5-4-6-8-16;1-22(2,3)19-13-14-20(21-15-19)18-11-9-17(10-12-18)16-7-5-4-6-8-16;4*1-2-6-10(7-3-1)11-8-4-5-9-12-11;;;;/h5-8,10-15H,1-4H3;4-9,11-15H,1-3H3;2*4-11,13-15H,1-3H3;4*1-6,8-9H;;;;/q8*-1;;;;. The number of benzene rings is 12. The molecule has 16 heteroatoms. The number of rotatable bonds is 16. The first-order valence-corrected chi connectivity index (χ1v) is 60.1. The van der Waals surface area contributed by atoms with Crippen molar-refractivity contribution in [2.45, 2.75) is 85.5 Å². The molecule has 8 nitrogen and oxygen atoms in total. The molecule has 0 aliphatic carbocycles. The molecular weight excluding hydrogens is 2490 g/mol. The Morgan fingerprint density at radius 1 is 0.170 bits per heavy atom. The first-order valence-electron chi connectivity index (χ1n) is 46.1. The van der Waals surface area contributed by atoms with Gasteiger partial charge in [0.05, 0.1) is 32.3 Å². The molecule has 0 N–H and O–H groups in total. The predicted molar refractivity (Wildman–Crippen MR) is 586 cm³/mol. The van der Waals surface area contributed by atoms with E-state index in [0.29, 0.717) is 0 Å². The van der Waals surface area contributed by atoms with Gasteiger partial charge < -0.3 is 39.9 Å². The average Bonchev–Trinajstić information content (AvgIpc) is 0.833. The third-order valence-electron chi connectivity index (χ3n) is 22.2. The maximum absolute atomic E-state index is 4.62. The summed E-state index contributed by atoms with van der Waals surface area (Å²) in [7, 11) is -5.06. The van der Waals surface area contributed by atoms with Gasteiger partial charge in [0.2, 0.25) is 0 Å². The van der Waals surface area contributed by atoms with Gasteiger partial charge in [-0.2, -0.15) is 0 Å². The van der Waals surface area contributed by atoms with Crippen LogP contribution in [0.3, 0.4) is 0 Å². The molecule has 0 amide bonds. The molecule has 714 valence electrons. The van der Waals surface area contributed by atoms with Crippen LogP contribution in [-0.2, 0) is 80.4 Å². The Morgan fingerprint density at radius 2 is 0.411 bits per heavy atom. The Kier molecular flexibility index (Phi) is 45.0. The Balaban J connectivity index is 0.000000182. The summed E-state index contributed by atoms with van der Waals surface area (Å²) in [6.07, 6.45) is 14.8. The minimum absolute atomic E-state index is 0. The van der Waals surface area contributed by atoms with Crippen LogP contribution in [0, 0.1) is 55.5 Å². The number of aromatic nitrogens is 8. The summed E-state index contributed by atoms with van der Waals surface area (Å²) >= 11 is 0. The number of hydrogen-bond acceptors (Lipinski definition) is 8. The van der Waals surface area contributed by atoms with Crippen molar-refractivity contribution in [3.8, 4) is 135 Å². The SMILES string of the molecule is C[Si](C)(C)c1ccc(-c2[c-]cc(-c3ccccc3)cc2)nc1.C[Si](C)(C)c1ccc(-c2c[c-]c(-c3ccccn3)cc2)cc1.C[Si](C)(C)c1ccnc(-c2[c-]cc(-c3ccccc3)cc2)c1.Cc1ccc(-c2[c-]cc(-c3ccc([Si](C)(C)C)cc3)cc2)nc1.[Ir].[Ir].[Ir].[Ir].[c-]1ccccc1-c1ccccn1.[c-]1ccccc1-c1ccccn1.[c-]1ccccc1-c1ccccn1.[c-]1ccccc1-c1ccccn1. The molecule has 0 aliphatic heterocycles. The van der Waals surface area contributed by atoms with Crippen molar-refractivity contribution in [2.24, 2.45) is 0 Å². The van der Waals surface area contributed by atoms with E-state index in [0.717, 1.165) is 90.1 Å². The summed E-state index contributed by atoms with van der Waals surface area (Å²) in [4.78, 5) is 34.8. The van der Waals surface area contributed by atoms with Crippen molar-refractivity contribution in [1.82, 2.24) is 39.9 Å². The predicted octanol–water partition coefficient (Wildman–Crippen LogP) is 29.5. The van der Waals surface area contributed by atoms with E-state index in [9.17, 15) is 0 Å². The minimum Gasteiger partial charge on any atom is -0.305 e. The fraction of sp³-hybridized carbons (Fsp3) is 0.104. The normalized spacial score (nSPS) is 10.5. The molecule has 0 aliphatic rings. The van der Waals surface area contributed by atoms with Crippen molar-refractivity contribution in [2.75, 3.05) is 0 Å². The molecule has 0 spiro atoms. The summed E-state index contributed by atoms with van der Waals surface area (Å²) in [5.41, 5.74) is 27.0. The number of nitrogens with zero attached hydrogens (tertiary/aromatic N) is 8. The van der Waals surface area contributed by atoms with Gasteiger partial charge in [0, 0.05) is 130 Å². The second-order valence-corrected chi connectivity index (χ2v) is 56.9. The largest absolute Gasteiger partial charge is 0.305 e. The quantitative estimate of drug-likeness (QED) is 0.0696. The van der Waals surface area contributed by atoms with Crippen LogP contribution in [0.5, 0.6) is 0 Å². The molecule has 0 unspecified atom stereocenters. The molecule has 0 atom stereocenters. The van der Waals surface area contributed by atoms with Gasteiger partial charge in [0.1, 0.15) is 0 Å². The number of pyridine rings is 8. The first kappa shape index (κ1) is 112. The molecule has 0 fully saturated rings. The van der Waals surface area contributed by atoms with Crippen molar-refractivity contribution < 1.29 is 80.4 Å². The van der Waals surface area contributed by atoms with Crippen LogP contribution < -0.4 is 20.7 Å². The average molecular weight is 2610 g/mol.